The molecule has 1 aliphatic rings. The number of hydrogen-bond acceptors (Lipinski definition) is 6. The van der Waals surface area contributed by atoms with Crippen LogP contribution in [0.5, 0.6) is 0 Å². The van der Waals surface area contributed by atoms with Crippen LogP contribution in [0.15, 0.2) is 24.4 Å². The molecule has 2 N–H and O–H groups in total. The van der Waals surface area contributed by atoms with Crippen molar-refractivity contribution < 1.29 is 4.79 Å². The van der Waals surface area contributed by atoms with Gasteiger partial charge in [0.1, 0.15) is 11.2 Å². The van der Waals surface area contributed by atoms with Gasteiger partial charge in [0, 0.05) is 24.7 Å². The van der Waals surface area contributed by atoms with Gasteiger partial charge in [-0.1, -0.05) is 6.07 Å². The highest BCUT2D eigenvalue weighted by molar-refractivity contribution is 7.20. The zero-order chi connectivity index (χ0) is 15.9. The zero-order valence-electron chi connectivity index (χ0n) is 12.9. The Hall–Kier alpha value is -1.83. The molecule has 2 aromatic heterocycles. The molecule has 0 unspecified atom stereocenters. The van der Waals surface area contributed by atoms with E-state index < -0.39 is 0 Å². The molecule has 1 aliphatic heterocycles. The molecule has 1 fully saturated rings. The van der Waals surface area contributed by atoms with Crippen molar-refractivity contribution >= 4 is 33.8 Å². The molecule has 0 bridgehead atoms. The number of pyridine rings is 1. The molecule has 0 radical (unpaired) electrons. The number of rotatable bonds is 3. The van der Waals surface area contributed by atoms with Crippen LogP contribution in [0.25, 0.3) is 10.2 Å². The van der Waals surface area contributed by atoms with Crippen LogP contribution in [0.2, 0.25) is 0 Å². The minimum atomic E-state index is -0.139. The van der Waals surface area contributed by atoms with Crippen LogP contribution in [0.4, 0.5) is 0 Å². The van der Waals surface area contributed by atoms with Crippen LogP contribution in [0.3, 0.4) is 0 Å². The Morgan fingerprint density at radius 2 is 2.14 bits per heavy atom. The van der Waals surface area contributed by atoms with Crippen LogP contribution in [-0.2, 0) is 0 Å². The van der Waals surface area contributed by atoms with Crippen molar-refractivity contribution in [3.63, 3.8) is 0 Å². The Labute approximate surface area is 134 Å². The number of hydrogen-bond donors (Lipinski definition) is 2. The fourth-order valence-electron chi connectivity index (χ4n) is 2.28. The van der Waals surface area contributed by atoms with Gasteiger partial charge in [-0.2, -0.15) is 0 Å². The van der Waals surface area contributed by atoms with Crippen LogP contribution in [0, 0.1) is 5.41 Å². The maximum Gasteiger partial charge on any atom is 0.283 e. The quantitative estimate of drug-likeness (QED) is 0.672. The van der Waals surface area contributed by atoms with Crippen molar-refractivity contribution in [1.82, 2.24) is 20.3 Å². The van der Waals surface area contributed by atoms with Gasteiger partial charge in [0.05, 0.1) is 4.88 Å². The molecule has 6 nitrogen and oxygen atoms in total. The van der Waals surface area contributed by atoms with E-state index in [9.17, 15) is 4.79 Å². The van der Waals surface area contributed by atoms with Gasteiger partial charge in [0.15, 0.2) is 0 Å². The maximum absolute atomic E-state index is 12.4. The molecule has 1 saturated heterocycles. The van der Waals surface area contributed by atoms with Gasteiger partial charge in [0.25, 0.3) is 5.91 Å². The molecule has 2 aromatic rings. The summed E-state index contributed by atoms with van der Waals surface area (Å²) in [6, 6.07) is 5.65. The lowest BCUT2D eigenvalue weighted by atomic mass is 10.3. The van der Waals surface area contributed by atoms with E-state index in [0.29, 0.717) is 4.88 Å². The monoisotopic (exact) mass is 319 g/mol. The number of amides is 1. The van der Waals surface area contributed by atoms with E-state index in [1.54, 1.807) is 6.20 Å². The number of nitrogens with one attached hydrogen (secondary N) is 2. The summed E-state index contributed by atoms with van der Waals surface area (Å²) in [5.74, 6) is -0.139. The normalized spacial score (nSPS) is 14.5. The lowest BCUT2D eigenvalue weighted by Crippen LogP contribution is -2.43. The molecular formula is C15H21N5OS. The molecule has 7 heteroatoms. The number of carbonyl (C=O) groups is 1. The highest BCUT2D eigenvalue weighted by atomic mass is 32.1. The summed E-state index contributed by atoms with van der Waals surface area (Å²) < 4.78 is 0. The summed E-state index contributed by atoms with van der Waals surface area (Å²) in [7, 11) is 3.75. The van der Waals surface area contributed by atoms with Crippen molar-refractivity contribution in [3.8, 4) is 0 Å². The van der Waals surface area contributed by atoms with Crippen molar-refractivity contribution in [1.29, 1.82) is 5.41 Å². The van der Waals surface area contributed by atoms with Crippen molar-refractivity contribution in [3.05, 3.63) is 29.3 Å². The molecule has 0 spiro atoms. The highest BCUT2D eigenvalue weighted by Gasteiger charge is 2.25. The predicted octanol–water partition coefficient (Wildman–Crippen LogP) is 2.19. The molecule has 0 atom stereocenters. The van der Waals surface area contributed by atoms with E-state index in [2.05, 4.69) is 10.3 Å². The molecule has 3 rings (SSSR count). The Bertz CT molecular complexity index is 603. The van der Waals surface area contributed by atoms with E-state index >= 15 is 0 Å². The van der Waals surface area contributed by atoms with E-state index in [1.165, 1.54) is 16.3 Å². The third-order valence-corrected chi connectivity index (χ3v) is 4.27. The first kappa shape index (κ1) is 16.5. The Morgan fingerprint density at radius 3 is 2.73 bits per heavy atom. The number of carbonyl (C=O) groups excluding carboxylic acids is 1. The van der Waals surface area contributed by atoms with Crippen LogP contribution < -0.4 is 5.32 Å². The van der Waals surface area contributed by atoms with Gasteiger partial charge in [-0.3, -0.25) is 10.2 Å². The first-order valence-corrected chi connectivity index (χ1v) is 8.05. The molecule has 118 valence electrons. The van der Waals surface area contributed by atoms with Crippen molar-refractivity contribution in [2.75, 3.05) is 27.2 Å². The summed E-state index contributed by atoms with van der Waals surface area (Å²) in [6.07, 6.45) is 4.98. The molecule has 1 amide bonds. The summed E-state index contributed by atoms with van der Waals surface area (Å²) in [5, 5.41) is 14.5. The minimum absolute atomic E-state index is 0.139. The SMILES string of the molecule is CNC.N=CN(C(=O)c1cc2cccnc2s1)N1CCCC1. The number of fused-ring (bicyclic) bond motifs is 1. The number of nitrogens with zero attached hydrogens (tertiary/aromatic N) is 3. The standard InChI is InChI=1S/C13H14N4OS.C2H7N/c14-9-17(16-6-1-2-7-16)13(18)11-8-10-4-3-5-15-12(10)19-11;1-3-2/h3-5,8-9,14H,1-2,6-7H2;3H,1-2H3. The van der Waals surface area contributed by atoms with Gasteiger partial charge in [0.2, 0.25) is 0 Å². The Morgan fingerprint density at radius 1 is 1.45 bits per heavy atom. The maximum atomic E-state index is 12.4. The molecule has 0 aliphatic carbocycles. The van der Waals surface area contributed by atoms with Gasteiger partial charge in [-0.15, -0.1) is 11.3 Å². The first-order valence-electron chi connectivity index (χ1n) is 7.23. The average molecular weight is 319 g/mol. The summed E-state index contributed by atoms with van der Waals surface area (Å²) in [5.41, 5.74) is 0. The van der Waals surface area contributed by atoms with E-state index in [1.807, 2.05) is 37.3 Å². The van der Waals surface area contributed by atoms with Crippen LogP contribution in [0.1, 0.15) is 22.5 Å². The van der Waals surface area contributed by atoms with E-state index in [-0.39, 0.29) is 5.91 Å². The topological polar surface area (TPSA) is 72.3 Å². The van der Waals surface area contributed by atoms with E-state index in [4.69, 9.17) is 5.41 Å². The second kappa shape index (κ2) is 7.98. The van der Waals surface area contributed by atoms with Crippen molar-refractivity contribution in [2.45, 2.75) is 12.8 Å². The van der Waals surface area contributed by atoms with Gasteiger partial charge >= 0.3 is 0 Å². The van der Waals surface area contributed by atoms with Gasteiger partial charge in [-0.25, -0.2) is 15.0 Å². The number of aromatic nitrogens is 1. The largest absolute Gasteiger partial charge is 0.323 e. The third kappa shape index (κ3) is 3.68. The van der Waals surface area contributed by atoms with Crippen LogP contribution in [-0.4, -0.2) is 54.4 Å². The molecule has 0 aromatic carbocycles. The summed E-state index contributed by atoms with van der Waals surface area (Å²) in [4.78, 5) is 18.2. The van der Waals surface area contributed by atoms with E-state index in [0.717, 1.165) is 42.5 Å². The Kier molecular flexibility index (Phi) is 6.00. The summed E-state index contributed by atoms with van der Waals surface area (Å²) in [6.45, 7) is 1.68. The lowest BCUT2D eigenvalue weighted by Gasteiger charge is -2.26. The van der Waals surface area contributed by atoms with Gasteiger partial charge in [-0.05, 0) is 39.1 Å². The van der Waals surface area contributed by atoms with Gasteiger partial charge < -0.3 is 5.32 Å². The Balaban J connectivity index is 0.000000545. The second-order valence-electron chi connectivity index (χ2n) is 4.95. The summed E-state index contributed by atoms with van der Waals surface area (Å²) >= 11 is 1.38. The number of hydrazine groups is 1. The molecular weight excluding hydrogens is 298 g/mol. The molecule has 3 heterocycles. The predicted molar refractivity (Wildman–Crippen MR) is 90.4 cm³/mol. The zero-order valence-corrected chi connectivity index (χ0v) is 13.7. The second-order valence-corrected chi connectivity index (χ2v) is 5.98. The molecule has 22 heavy (non-hydrogen) atoms. The lowest BCUT2D eigenvalue weighted by molar-refractivity contribution is 0.0449. The van der Waals surface area contributed by atoms with Crippen LogP contribution >= 0.6 is 11.3 Å². The number of thiophene rings is 1. The minimum Gasteiger partial charge on any atom is -0.323 e. The molecule has 0 saturated carbocycles. The fourth-order valence-corrected chi connectivity index (χ4v) is 3.21. The average Bonchev–Trinajstić information content (AvgIpc) is 3.18. The fraction of sp³-hybridized carbons (Fsp3) is 0.400. The smallest absolute Gasteiger partial charge is 0.283 e. The van der Waals surface area contributed by atoms with Crippen molar-refractivity contribution in [2.24, 2.45) is 0 Å². The highest BCUT2D eigenvalue weighted by Crippen LogP contribution is 2.25. The third-order valence-electron chi connectivity index (χ3n) is 3.22. The first-order chi connectivity index (χ1) is 10.7.